The lowest BCUT2D eigenvalue weighted by Gasteiger charge is -2.00. The predicted octanol–water partition coefficient (Wildman–Crippen LogP) is 3.51. The van der Waals surface area contributed by atoms with Crippen LogP contribution in [0.25, 0.3) is 11.5 Å². The molecule has 3 rings (SSSR count). The molecule has 0 saturated heterocycles. The molecule has 0 atom stereocenters. The summed E-state index contributed by atoms with van der Waals surface area (Å²) >= 11 is 0. The molecule has 0 unspecified atom stereocenters. The Balaban J connectivity index is 1.78. The van der Waals surface area contributed by atoms with Gasteiger partial charge >= 0.3 is 6.01 Å². The number of carbonyl (C=O) groups is 1. The molecule has 3 aromatic rings. The lowest BCUT2D eigenvalue weighted by atomic mass is 10.1. The summed E-state index contributed by atoms with van der Waals surface area (Å²) in [5.41, 5.74) is 2.34. The summed E-state index contributed by atoms with van der Waals surface area (Å²) in [6, 6.07) is 9.09. The van der Waals surface area contributed by atoms with Crippen LogP contribution in [-0.2, 0) is 0 Å². The maximum atomic E-state index is 12.1. The number of benzene rings is 1. The summed E-state index contributed by atoms with van der Waals surface area (Å²) in [5.74, 6) is 1.47. The number of amides is 1. The molecule has 1 amide bonds. The molecule has 112 valence electrons. The summed E-state index contributed by atoms with van der Waals surface area (Å²) in [6.45, 7) is 5.62. The SMILES string of the molecule is Cc1ccc(C(=O)Nc2nnc(-c3cc(C)oc3C)o2)cc1. The van der Waals surface area contributed by atoms with E-state index in [-0.39, 0.29) is 11.9 Å². The lowest BCUT2D eigenvalue weighted by molar-refractivity contribution is 0.102. The highest BCUT2D eigenvalue weighted by Gasteiger charge is 2.16. The van der Waals surface area contributed by atoms with Crippen molar-refractivity contribution in [2.24, 2.45) is 0 Å². The summed E-state index contributed by atoms with van der Waals surface area (Å²) in [4.78, 5) is 12.1. The number of hydrogen-bond acceptors (Lipinski definition) is 5. The Morgan fingerprint density at radius 3 is 2.41 bits per heavy atom. The molecule has 6 nitrogen and oxygen atoms in total. The van der Waals surface area contributed by atoms with E-state index in [4.69, 9.17) is 8.83 Å². The Bertz CT molecular complexity index is 816. The van der Waals surface area contributed by atoms with E-state index in [1.807, 2.05) is 39.0 Å². The Kier molecular flexibility index (Phi) is 3.50. The second-order valence-electron chi connectivity index (χ2n) is 5.06. The average Bonchev–Trinajstić information content (AvgIpc) is 3.06. The monoisotopic (exact) mass is 297 g/mol. The van der Waals surface area contributed by atoms with Gasteiger partial charge in [0.15, 0.2) is 0 Å². The summed E-state index contributed by atoms with van der Waals surface area (Å²) in [5, 5.41) is 10.4. The van der Waals surface area contributed by atoms with E-state index in [1.165, 1.54) is 0 Å². The highest BCUT2D eigenvalue weighted by Crippen LogP contribution is 2.26. The highest BCUT2D eigenvalue weighted by molar-refractivity contribution is 6.03. The van der Waals surface area contributed by atoms with Crippen LogP contribution in [0.4, 0.5) is 6.01 Å². The van der Waals surface area contributed by atoms with E-state index in [2.05, 4.69) is 15.5 Å². The van der Waals surface area contributed by atoms with Crippen molar-refractivity contribution >= 4 is 11.9 Å². The molecule has 0 bridgehead atoms. The third kappa shape index (κ3) is 2.76. The van der Waals surface area contributed by atoms with Crippen molar-refractivity contribution in [3.8, 4) is 11.5 Å². The summed E-state index contributed by atoms with van der Waals surface area (Å²) < 4.78 is 10.9. The van der Waals surface area contributed by atoms with Gasteiger partial charge in [0.2, 0.25) is 0 Å². The standard InChI is InChI=1S/C16H15N3O3/c1-9-4-6-12(7-5-9)14(20)17-16-19-18-15(22-16)13-8-10(2)21-11(13)3/h4-8H,1-3H3,(H,17,19,20). The summed E-state index contributed by atoms with van der Waals surface area (Å²) in [7, 11) is 0. The number of rotatable bonds is 3. The third-order valence-electron chi connectivity index (χ3n) is 3.23. The van der Waals surface area contributed by atoms with E-state index >= 15 is 0 Å². The van der Waals surface area contributed by atoms with Crippen LogP contribution in [0.5, 0.6) is 0 Å². The van der Waals surface area contributed by atoms with E-state index in [0.29, 0.717) is 17.2 Å². The number of aryl methyl sites for hydroxylation is 3. The van der Waals surface area contributed by atoms with Crippen LogP contribution in [0.1, 0.15) is 27.4 Å². The molecule has 0 saturated carbocycles. The van der Waals surface area contributed by atoms with E-state index < -0.39 is 0 Å². The molecule has 0 aliphatic rings. The van der Waals surface area contributed by atoms with Crippen LogP contribution in [0.3, 0.4) is 0 Å². The Morgan fingerprint density at radius 2 is 1.77 bits per heavy atom. The van der Waals surface area contributed by atoms with Crippen LogP contribution in [0.15, 0.2) is 39.2 Å². The van der Waals surface area contributed by atoms with E-state index in [9.17, 15) is 4.79 Å². The van der Waals surface area contributed by atoms with Gasteiger partial charge in [-0.2, -0.15) is 0 Å². The van der Waals surface area contributed by atoms with Crippen LogP contribution >= 0.6 is 0 Å². The molecule has 0 aliphatic carbocycles. The molecular formula is C16H15N3O3. The van der Waals surface area contributed by atoms with Gasteiger partial charge in [-0.1, -0.05) is 22.8 Å². The zero-order chi connectivity index (χ0) is 15.7. The molecule has 1 N–H and O–H groups in total. The van der Waals surface area contributed by atoms with Gasteiger partial charge in [0, 0.05) is 5.56 Å². The van der Waals surface area contributed by atoms with Crippen molar-refractivity contribution in [2.45, 2.75) is 20.8 Å². The first-order valence-corrected chi connectivity index (χ1v) is 6.82. The smallest absolute Gasteiger partial charge is 0.322 e. The normalized spacial score (nSPS) is 10.7. The topological polar surface area (TPSA) is 81.2 Å². The average molecular weight is 297 g/mol. The quantitative estimate of drug-likeness (QED) is 0.800. The highest BCUT2D eigenvalue weighted by atomic mass is 16.4. The number of aromatic nitrogens is 2. The lowest BCUT2D eigenvalue weighted by Crippen LogP contribution is -2.11. The van der Waals surface area contributed by atoms with Crippen molar-refractivity contribution in [3.63, 3.8) is 0 Å². The molecule has 2 aromatic heterocycles. The minimum absolute atomic E-state index is 0.0545. The number of anilines is 1. The zero-order valence-corrected chi connectivity index (χ0v) is 12.5. The molecule has 2 heterocycles. The fraction of sp³-hybridized carbons (Fsp3) is 0.188. The first-order chi connectivity index (χ1) is 10.5. The van der Waals surface area contributed by atoms with Crippen molar-refractivity contribution in [3.05, 3.63) is 53.0 Å². The minimum atomic E-state index is -0.296. The predicted molar refractivity (Wildman–Crippen MR) is 80.6 cm³/mol. The minimum Gasteiger partial charge on any atom is -0.466 e. The largest absolute Gasteiger partial charge is 0.466 e. The number of nitrogens with one attached hydrogen (secondary N) is 1. The maximum absolute atomic E-state index is 12.1. The Morgan fingerprint density at radius 1 is 1.05 bits per heavy atom. The van der Waals surface area contributed by atoms with Crippen molar-refractivity contribution in [1.29, 1.82) is 0 Å². The van der Waals surface area contributed by atoms with Crippen LogP contribution in [0.2, 0.25) is 0 Å². The van der Waals surface area contributed by atoms with Crippen molar-refractivity contribution < 1.29 is 13.6 Å². The van der Waals surface area contributed by atoms with E-state index in [1.54, 1.807) is 12.1 Å². The number of furan rings is 1. The van der Waals surface area contributed by atoms with Gasteiger partial charge in [-0.25, -0.2) is 0 Å². The maximum Gasteiger partial charge on any atom is 0.322 e. The Hall–Kier alpha value is -2.89. The van der Waals surface area contributed by atoms with Gasteiger partial charge in [-0.3, -0.25) is 10.1 Å². The molecule has 0 fully saturated rings. The molecular weight excluding hydrogens is 282 g/mol. The first kappa shape index (κ1) is 14.1. The molecule has 0 radical (unpaired) electrons. The number of carbonyl (C=O) groups excluding carboxylic acids is 1. The molecule has 6 heteroatoms. The number of nitrogens with zero attached hydrogens (tertiary/aromatic N) is 2. The van der Waals surface area contributed by atoms with Gasteiger partial charge in [-0.15, -0.1) is 5.10 Å². The van der Waals surface area contributed by atoms with E-state index in [0.717, 1.165) is 16.9 Å². The van der Waals surface area contributed by atoms with Gasteiger partial charge < -0.3 is 8.83 Å². The van der Waals surface area contributed by atoms with Gasteiger partial charge in [0.05, 0.1) is 5.56 Å². The van der Waals surface area contributed by atoms with Crippen LogP contribution in [0, 0.1) is 20.8 Å². The Labute approximate surface area is 127 Å². The second kappa shape index (κ2) is 5.48. The van der Waals surface area contributed by atoms with Gasteiger partial charge in [0.1, 0.15) is 11.5 Å². The summed E-state index contributed by atoms with van der Waals surface area (Å²) in [6.07, 6.45) is 0. The van der Waals surface area contributed by atoms with Gasteiger partial charge in [0.25, 0.3) is 11.8 Å². The first-order valence-electron chi connectivity index (χ1n) is 6.82. The van der Waals surface area contributed by atoms with Gasteiger partial charge in [-0.05, 0) is 39.0 Å². The zero-order valence-electron chi connectivity index (χ0n) is 12.5. The number of hydrogen-bond donors (Lipinski definition) is 1. The third-order valence-corrected chi connectivity index (χ3v) is 3.23. The molecule has 0 spiro atoms. The molecule has 1 aromatic carbocycles. The fourth-order valence-corrected chi connectivity index (χ4v) is 2.10. The molecule has 0 aliphatic heterocycles. The molecule has 22 heavy (non-hydrogen) atoms. The second-order valence-corrected chi connectivity index (χ2v) is 5.06. The van der Waals surface area contributed by atoms with Crippen molar-refractivity contribution in [2.75, 3.05) is 5.32 Å². The fourth-order valence-electron chi connectivity index (χ4n) is 2.10. The van der Waals surface area contributed by atoms with Crippen molar-refractivity contribution in [1.82, 2.24) is 10.2 Å². The van der Waals surface area contributed by atoms with Crippen LogP contribution in [-0.4, -0.2) is 16.1 Å². The van der Waals surface area contributed by atoms with Crippen LogP contribution < -0.4 is 5.32 Å².